The lowest BCUT2D eigenvalue weighted by atomic mass is 9.47. The maximum Gasteiger partial charge on any atom is -0.0286 e. The summed E-state index contributed by atoms with van der Waals surface area (Å²) in [6, 6.07) is 0. The zero-order chi connectivity index (χ0) is 11.2. The number of hydrogen-bond donors (Lipinski definition) is 0. The van der Waals surface area contributed by atoms with Crippen molar-refractivity contribution in [2.75, 3.05) is 0 Å². The summed E-state index contributed by atoms with van der Waals surface area (Å²) in [5.74, 6) is 4.19. The Morgan fingerprint density at radius 1 is 0.600 bits per heavy atom. The minimum atomic E-state index is 0.620. The third kappa shape index (κ3) is 0.996. The summed E-state index contributed by atoms with van der Waals surface area (Å²) in [5.41, 5.74) is 1.92. The second-order valence-electron chi connectivity index (χ2n) is 8.40. The van der Waals surface area contributed by atoms with Gasteiger partial charge in [0.15, 0.2) is 0 Å². The highest BCUT2D eigenvalue weighted by Gasteiger charge is 2.79. The molecule has 0 nitrogen and oxygen atoms in total. The molecule has 0 spiro atoms. The predicted molar refractivity (Wildman–Crippen MR) is 64.5 cm³/mol. The van der Waals surface area contributed by atoms with Crippen molar-refractivity contribution in [2.24, 2.45) is 39.9 Å². The number of fused-ring (bicyclic) bond motifs is 4. The van der Waals surface area contributed by atoms with Crippen molar-refractivity contribution in [1.29, 1.82) is 0 Å². The average molecular weight is 206 g/mol. The molecule has 0 radical (unpaired) electrons. The molecular formula is C15H26. The van der Waals surface area contributed by atoms with Gasteiger partial charge in [-0.1, -0.05) is 41.5 Å². The topological polar surface area (TPSA) is 0 Å². The Morgan fingerprint density at radius 2 is 0.933 bits per heavy atom. The van der Waals surface area contributed by atoms with E-state index in [0.29, 0.717) is 16.2 Å². The van der Waals surface area contributed by atoms with Crippen LogP contribution in [-0.2, 0) is 0 Å². The molecule has 0 amide bonds. The summed E-state index contributed by atoms with van der Waals surface area (Å²) in [6.45, 7) is 15.1. The van der Waals surface area contributed by atoms with Gasteiger partial charge in [0.2, 0.25) is 0 Å². The standard InChI is InChI=1S/C15H26/c1-13(2)7-8-14(3,4)10-9(13)11-12(10)15(11,5)6/h9-12H,7-8H2,1-6H3. The predicted octanol–water partition coefficient (Wildman–Crippen LogP) is 4.35. The molecule has 4 atom stereocenters. The third-order valence-electron chi connectivity index (χ3n) is 6.38. The lowest BCUT2D eigenvalue weighted by Gasteiger charge is -2.58. The van der Waals surface area contributed by atoms with Gasteiger partial charge >= 0.3 is 0 Å². The molecular weight excluding hydrogens is 180 g/mol. The van der Waals surface area contributed by atoms with E-state index in [1.165, 1.54) is 12.8 Å². The lowest BCUT2D eigenvalue weighted by molar-refractivity contribution is -0.0969. The molecule has 4 unspecified atom stereocenters. The van der Waals surface area contributed by atoms with Crippen molar-refractivity contribution in [3.05, 3.63) is 0 Å². The molecule has 0 aromatic rings. The third-order valence-corrected chi connectivity index (χ3v) is 6.38. The van der Waals surface area contributed by atoms with E-state index in [1.807, 2.05) is 0 Å². The van der Waals surface area contributed by atoms with Crippen LogP contribution in [0.15, 0.2) is 0 Å². The fourth-order valence-corrected chi connectivity index (χ4v) is 5.31. The summed E-state index contributed by atoms with van der Waals surface area (Å²) in [6.07, 6.45) is 2.89. The maximum atomic E-state index is 2.52. The quantitative estimate of drug-likeness (QED) is 0.553. The van der Waals surface area contributed by atoms with Gasteiger partial charge in [-0.15, -0.1) is 0 Å². The molecule has 0 N–H and O–H groups in total. The van der Waals surface area contributed by atoms with Crippen LogP contribution in [0.3, 0.4) is 0 Å². The lowest BCUT2D eigenvalue weighted by Crippen LogP contribution is -2.52. The molecule has 3 aliphatic carbocycles. The van der Waals surface area contributed by atoms with E-state index in [2.05, 4.69) is 41.5 Å². The van der Waals surface area contributed by atoms with E-state index in [9.17, 15) is 0 Å². The molecule has 86 valence electrons. The van der Waals surface area contributed by atoms with Crippen molar-refractivity contribution in [2.45, 2.75) is 54.4 Å². The first kappa shape index (κ1) is 10.2. The SMILES string of the molecule is CC1(C)CCC(C)(C)C2C1C1C2C1(C)C. The normalized spacial score (nSPS) is 52.4. The molecule has 0 aromatic carbocycles. The van der Waals surface area contributed by atoms with Gasteiger partial charge < -0.3 is 0 Å². The Morgan fingerprint density at radius 3 is 1.27 bits per heavy atom. The fraction of sp³-hybridized carbons (Fsp3) is 1.00. The van der Waals surface area contributed by atoms with Gasteiger partial charge in [0.25, 0.3) is 0 Å². The van der Waals surface area contributed by atoms with Crippen LogP contribution in [0.2, 0.25) is 0 Å². The minimum absolute atomic E-state index is 0.620. The Balaban J connectivity index is 1.96. The summed E-state index contributed by atoms with van der Waals surface area (Å²) in [7, 11) is 0. The van der Waals surface area contributed by atoms with Crippen molar-refractivity contribution in [3.63, 3.8) is 0 Å². The Hall–Kier alpha value is 0. The van der Waals surface area contributed by atoms with Gasteiger partial charge in [0.05, 0.1) is 0 Å². The molecule has 3 saturated carbocycles. The van der Waals surface area contributed by atoms with Gasteiger partial charge in [0, 0.05) is 0 Å². The highest BCUT2D eigenvalue weighted by molar-refractivity contribution is 5.26. The Labute approximate surface area is 94.8 Å². The van der Waals surface area contributed by atoms with E-state index >= 15 is 0 Å². The van der Waals surface area contributed by atoms with E-state index in [4.69, 9.17) is 0 Å². The van der Waals surface area contributed by atoms with Crippen LogP contribution in [0.25, 0.3) is 0 Å². The van der Waals surface area contributed by atoms with Crippen molar-refractivity contribution < 1.29 is 0 Å². The first-order chi connectivity index (χ1) is 6.70. The molecule has 3 rings (SSSR count). The molecule has 3 aliphatic rings. The van der Waals surface area contributed by atoms with Crippen molar-refractivity contribution in [3.8, 4) is 0 Å². The van der Waals surface area contributed by atoms with Gasteiger partial charge in [0.1, 0.15) is 0 Å². The zero-order valence-corrected chi connectivity index (χ0v) is 11.2. The van der Waals surface area contributed by atoms with Crippen molar-refractivity contribution >= 4 is 0 Å². The first-order valence-electron chi connectivity index (χ1n) is 6.70. The minimum Gasteiger partial charge on any atom is -0.0596 e. The smallest absolute Gasteiger partial charge is 0.0286 e. The second-order valence-corrected chi connectivity index (χ2v) is 8.40. The highest BCUT2D eigenvalue weighted by Crippen LogP contribution is 2.83. The second kappa shape index (κ2) is 2.31. The zero-order valence-electron chi connectivity index (χ0n) is 11.2. The fourth-order valence-electron chi connectivity index (χ4n) is 5.31. The highest BCUT2D eigenvalue weighted by atomic mass is 14.8. The first-order valence-corrected chi connectivity index (χ1v) is 6.70. The van der Waals surface area contributed by atoms with Crippen LogP contribution in [0.5, 0.6) is 0 Å². The van der Waals surface area contributed by atoms with E-state index < -0.39 is 0 Å². The molecule has 0 saturated heterocycles. The largest absolute Gasteiger partial charge is 0.0596 e. The Bertz CT molecular complexity index is 278. The van der Waals surface area contributed by atoms with Crippen LogP contribution in [0.1, 0.15) is 54.4 Å². The van der Waals surface area contributed by atoms with Crippen LogP contribution in [0.4, 0.5) is 0 Å². The summed E-state index contributed by atoms with van der Waals surface area (Å²) in [4.78, 5) is 0. The molecule has 3 fully saturated rings. The van der Waals surface area contributed by atoms with Gasteiger partial charge in [-0.2, -0.15) is 0 Å². The number of hydrogen-bond acceptors (Lipinski definition) is 0. The van der Waals surface area contributed by atoms with Gasteiger partial charge in [-0.05, 0) is 52.8 Å². The maximum absolute atomic E-state index is 2.52. The van der Waals surface area contributed by atoms with Gasteiger partial charge in [-0.3, -0.25) is 0 Å². The molecule has 0 aromatic heterocycles. The van der Waals surface area contributed by atoms with Crippen LogP contribution in [0, 0.1) is 39.9 Å². The number of rotatable bonds is 0. The summed E-state index contributed by atoms with van der Waals surface area (Å²) >= 11 is 0. The van der Waals surface area contributed by atoms with E-state index in [-0.39, 0.29) is 0 Å². The molecule has 0 bridgehead atoms. The molecule has 0 aliphatic heterocycles. The van der Waals surface area contributed by atoms with E-state index in [0.717, 1.165) is 23.7 Å². The Kier molecular flexibility index (Phi) is 1.57. The summed E-state index contributed by atoms with van der Waals surface area (Å²) in [5, 5.41) is 0. The average Bonchev–Trinajstić information content (AvgIpc) is 2.38. The van der Waals surface area contributed by atoms with Crippen LogP contribution >= 0.6 is 0 Å². The van der Waals surface area contributed by atoms with Crippen LogP contribution in [-0.4, -0.2) is 0 Å². The van der Waals surface area contributed by atoms with Crippen LogP contribution < -0.4 is 0 Å². The van der Waals surface area contributed by atoms with Gasteiger partial charge in [-0.25, -0.2) is 0 Å². The molecule has 0 heterocycles. The molecule has 0 heteroatoms. The van der Waals surface area contributed by atoms with Crippen molar-refractivity contribution in [1.82, 2.24) is 0 Å². The monoisotopic (exact) mass is 206 g/mol. The summed E-state index contributed by atoms with van der Waals surface area (Å²) < 4.78 is 0. The molecule has 15 heavy (non-hydrogen) atoms. The van der Waals surface area contributed by atoms with E-state index in [1.54, 1.807) is 0 Å².